The zero-order chi connectivity index (χ0) is 12.8. The van der Waals surface area contributed by atoms with Crippen molar-refractivity contribution in [2.75, 3.05) is 5.75 Å². The summed E-state index contributed by atoms with van der Waals surface area (Å²) in [6.45, 7) is 0. The topological polar surface area (TPSA) is 78.2 Å². The molecule has 0 spiro atoms. The Kier molecular flexibility index (Phi) is 4.79. The Hall–Kier alpha value is -1.74. The predicted molar refractivity (Wildman–Crippen MR) is 60.1 cm³/mol. The predicted octanol–water partition coefficient (Wildman–Crippen LogP) is 1.42. The van der Waals surface area contributed by atoms with E-state index in [4.69, 9.17) is 10.4 Å². The van der Waals surface area contributed by atoms with Crippen LogP contribution in [0.4, 0.5) is 4.39 Å². The quantitative estimate of drug-likeness (QED) is 0.863. The molecular weight excluding hydrogens is 245 g/mol. The highest BCUT2D eigenvalue weighted by Gasteiger charge is 2.11. The van der Waals surface area contributed by atoms with E-state index in [2.05, 4.69) is 0 Å². The number of nitriles is 1. The van der Waals surface area contributed by atoms with Gasteiger partial charge in [0.2, 0.25) is 0 Å². The highest BCUT2D eigenvalue weighted by atomic mass is 32.2. The van der Waals surface area contributed by atoms with Crippen LogP contribution in [-0.2, 0) is 21.3 Å². The minimum atomic E-state index is -1.44. The molecule has 0 heterocycles. The Bertz CT molecular complexity index is 496. The number of hydrogen-bond donors (Lipinski definition) is 1. The lowest BCUT2D eigenvalue weighted by Gasteiger charge is -2.03. The van der Waals surface area contributed by atoms with Gasteiger partial charge in [-0.25, -0.2) is 4.39 Å². The smallest absolute Gasteiger partial charge is 0.304 e. The maximum atomic E-state index is 13.6. The van der Waals surface area contributed by atoms with Crippen LogP contribution in [0.2, 0.25) is 0 Å². The van der Waals surface area contributed by atoms with Gasteiger partial charge in [0.05, 0.1) is 17.7 Å². The summed E-state index contributed by atoms with van der Waals surface area (Å²) >= 11 is 0. The third kappa shape index (κ3) is 3.96. The molecule has 0 saturated carbocycles. The number of carbonyl (C=O) groups is 1. The number of hydrogen-bond acceptors (Lipinski definition) is 3. The van der Waals surface area contributed by atoms with Crippen LogP contribution in [0.15, 0.2) is 18.2 Å². The van der Waals surface area contributed by atoms with Crippen molar-refractivity contribution in [3.8, 4) is 6.07 Å². The molecule has 1 unspecified atom stereocenters. The maximum absolute atomic E-state index is 13.6. The third-order valence-electron chi connectivity index (χ3n) is 2.06. The maximum Gasteiger partial charge on any atom is 0.304 e. The highest BCUT2D eigenvalue weighted by molar-refractivity contribution is 7.84. The zero-order valence-electron chi connectivity index (χ0n) is 8.85. The third-order valence-corrected chi connectivity index (χ3v) is 3.35. The standard InChI is InChI=1S/C11H10FNO3S/c12-11-8(6-13)2-1-3-9(11)7-17(16)5-4-10(14)15/h1-3H,4-5,7H2,(H,14,15). The van der Waals surface area contributed by atoms with Crippen LogP contribution in [0.3, 0.4) is 0 Å². The number of nitrogens with zero attached hydrogens (tertiary/aromatic N) is 1. The van der Waals surface area contributed by atoms with E-state index in [0.717, 1.165) is 0 Å². The fourth-order valence-electron chi connectivity index (χ4n) is 1.22. The summed E-state index contributed by atoms with van der Waals surface area (Å²) in [4.78, 5) is 10.3. The van der Waals surface area contributed by atoms with Gasteiger partial charge >= 0.3 is 5.97 Å². The van der Waals surface area contributed by atoms with Crippen LogP contribution >= 0.6 is 0 Å². The summed E-state index contributed by atoms with van der Waals surface area (Å²) in [5, 5.41) is 17.0. The molecule has 0 fully saturated rings. The van der Waals surface area contributed by atoms with Crippen LogP contribution < -0.4 is 0 Å². The normalized spacial score (nSPS) is 11.8. The fraction of sp³-hybridized carbons (Fsp3) is 0.273. The van der Waals surface area contributed by atoms with Gasteiger partial charge in [-0.15, -0.1) is 0 Å². The van der Waals surface area contributed by atoms with Gasteiger partial charge in [-0.3, -0.25) is 9.00 Å². The molecule has 1 N–H and O–H groups in total. The van der Waals surface area contributed by atoms with Crippen molar-refractivity contribution in [2.24, 2.45) is 0 Å². The number of benzene rings is 1. The largest absolute Gasteiger partial charge is 0.481 e. The van der Waals surface area contributed by atoms with Gasteiger partial charge < -0.3 is 5.11 Å². The molecule has 17 heavy (non-hydrogen) atoms. The van der Waals surface area contributed by atoms with Crippen molar-refractivity contribution in [1.82, 2.24) is 0 Å². The van der Waals surface area contributed by atoms with Crippen molar-refractivity contribution in [3.63, 3.8) is 0 Å². The average Bonchev–Trinajstić information content (AvgIpc) is 2.29. The first-order chi connectivity index (χ1) is 8.04. The van der Waals surface area contributed by atoms with Gasteiger partial charge in [-0.2, -0.15) is 5.26 Å². The van der Waals surface area contributed by atoms with Crippen molar-refractivity contribution in [2.45, 2.75) is 12.2 Å². The summed E-state index contributed by atoms with van der Waals surface area (Å²) in [6, 6.07) is 5.97. The molecule has 0 aliphatic rings. The lowest BCUT2D eigenvalue weighted by Crippen LogP contribution is -2.07. The zero-order valence-corrected chi connectivity index (χ0v) is 9.67. The van der Waals surface area contributed by atoms with Crippen LogP contribution in [0.1, 0.15) is 17.5 Å². The van der Waals surface area contributed by atoms with E-state index < -0.39 is 22.6 Å². The first-order valence-corrected chi connectivity index (χ1v) is 6.27. The first-order valence-electron chi connectivity index (χ1n) is 4.79. The summed E-state index contributed by atoms with van der Waals surface area (Å²) in [6.07, 6.45) is -0.216. The lowest BCUT2D eigenvalue weighted by molar-refractivity contribution is -0.136. The molecule has 1 atom stereocenters. The minimum Gasteiger partial charge on any atom is -0.481 e. The van der Waals surface area contributed by atoms with E-state index in [1.54, 1.807) is 6.07 Å². The highest BCUT2D eigenvalue weighted by Crippen LogP contribution is 2.14. The Morgan fingerprint density at radius 3 is 2.82 bits per heavy atom. The first kappa shape index (κ1) is 13.3. The molecule has 6 heteroatoms. The van der Waals surface area contributed by atoms with E-state index in [1.165, 1.54) is 18.2 Å². The minimum absolute atomic E-state index is 0.0223. The molecule has 0 radical (unpaired) electrons. The SMILES string of the molecule is N#Cc1cccc(CS(=O)CCC(=O)O)c1F. The van der Waals surface area contributed by atoms with Crippen molar-refractivity contribution in [1.29, 1.82) is 5.26 Å². The van der Waals surface area contributed by atoms with Crippen molar-refractivity contribution >= 4 is 16.8 Å². The number of carboxylic acid groups (broad SMARTS) is 1. The van der Waals surface area contributed by atoms with Gasteiger partial charge in [0, 0.05) is 22.1 Å². The van der Waals surface area contributed by atoms with E-state index in [0.29, 0.717) is 0 Å². The second-order valence-electron chi connectivity index (χ2n) is 3.32. The molecular formula is C11H10FNO3S. The van der Waals surface area contributed by atoms with E-state index in [-0.39, 0.29) is 29.1 Å². The van der Waals surface area contributed by atoms with Crippen molar-refractivity contribution < 1.29 is 18.5 Å². The van der Waals surface area contributed by atoms with Gasteiger partial charge in [0.1, 0.15) is 11.9 Å². The van der Waals surface area contributed by atoms with Crippen LogP contribution in [0, 0.1) is 17.1 Å². The Labute approximate surface area is 100 Å². The lowest BCUT2D eigenvalue weighted by atomic mass is 10.1. The molecule has 1 aromatic rings. The van der Waals surface area contributed by atoms with E-state index in [1.807, 2.05) is 0 Å². The molecule has 0 saturated heterocycles. The Balaban J connectivity index is 2.72. The van der Waals surface area contributed by atoms with Crippen LogP contribution in [0.25, 0.3) is 0 Å². The molecule has 0 amide bonds. The molecule has 1 rings (SSSR count). The molecule has 0 aromatic heterocycles. The van der Waals surface area contributed by atoms with E-state index in [9.17, 15) is 13.4 Å². The van der Waals surface area contributed by atoms with Gasteiger partial charge in [-0.05, 0) is 6.07 Å². The van der Waals surface area contributed by atoms with E-state index >= 15 is 0 Å². The number of carboxylic acids is 1. The molecule has 1 aromatic carbocycles. The van der Waals surface area contributed by atoms with Gasteiger partial charge in [0.15, 0.2) is 0 Å². The monoisotopic (exact) mass is 255 g/mol. The van der Waals surface area contributed by atoms with Gasteiger partial charge in [0.25, 0.3) is 0 Å². The molecule has 90 valence electrons. The molecule has 0 aliphatic heterocycles. The number of rotatable bonds is 5. The Morgan fingerprint density at radius 2 is 2.24 bits per heavy atom. The average molecular weight is 255 g/mol. The molecule has 0 bridgehead atoms. The number of aliphatic carboxylic acids is 1. The fourth-order valence-corrected chi connectivity index (χ4v) is 2.34. The summed E-state index contributed by atoms with van der Waals surface area (Å²) in [5.41, 5.74) is 0.0745. The Morgan fingerprint density at radius 1 is 1.53 bits per heavy atom. The second kappa shape index (κ2) is 6.11. The van der Waals surface area contributed by atoms with Crippen LogP contribution in [0.5, 0.6) is 0 Å². The summed E-state index contributed by atoms with van der Waals surface area (Å²) in [7, 11) is -1.44. The molecule has 0 aliphatic carbocycles. The number of halogens is 1. The van der Waals surface area contributed by atoms with Gasteiger partial charge in [-0.1, -0.05) is 12.1 Å². The summed E-state index contributed by atoms with van der Waals surface area (Å²) < 4.78 is 25.0. The van der Waals surface area contributed by atoms with Crippen molar-refractivity contribution in [3.05, 3.63) is 35.1 Å². The summed E-state index contributed by atoms with van der Waals surface area (Å²) in [5.74, 6) is -1.82. The second-order valence-corrected chi connectivity index (χ2v) is 4.90. The molecule has 4 nitrogen and oxygen atoms in total. The van der Waals surface area contributed by atoms with Crippen LogP contribution in [-0.4, -0.2) is 21.0 Å².